The Morgan fingerprint density at radius 3 is 2.19 bits per heavy atom. The SMILES string of the molecule is CC(C)C[C@H](C(=O)O)[C@H](C)CC(=O)Cc1ccc(Br)cc1. The Balaban J connectivity index is 2.59. The Bertz CT molecular complexity index is 479. The second-order valence-corrected chi connectivity index (χ2v) is 7.01. The monoisotopic (exact) mass is 354 g/mol. The molecule has 116 valence electrons. The number of carbonyl (C=O) groups excluding carboxylic acids is 1. The molecule has 0 saturated carbocycles. The molecule has 0 aliphatic carbocycles. The summed E-state index contributed by atoms with van der Waals surface area (Å²) in [4.78, 5) is 23.5. The number of halogens is 1. The maximum absolute atomic E-state index is 12.1. The van der Waals surface area contributed by atoms with Crippen LogP contribution in [0, 0.1) is 17.8 Å². The van der Waals surface area contributed by atoms with Gasteiger partial charge in [-0.3, -0.25) is 9.59 Å². The van der Waals surface area contributed by atoms with Crippen LogP contribution in [-0.2, 0) is 16.0 Å². The fraction of sp³-hybridized carbons (Fsp3) is 0.529. The highest BCUT2D eigenvalue weighted by atomic mass is 79.9. The minimum Gasteiger partial charge on any atom is -0.481 e. The first kappa shape index (κ1) is 17.9. The molecule has 0 aromatic heterocycles. The lowest BCUT2D eigenvalue weighted by atomic mass is 9.83. The molecule has 1 N–H and O–H groups in total. The summed E-state index contributed by atoms with van der Waals surface area (Å²) in [7, 11) is 0. The van der Waals surface area contributed by atoms with Crippen molar-refractivity contribution in [1.29, 1.82) is 0 Å². The zero-order valence-corrected chi connectivity index (χ0v) is 14.4. The molecular weight excluding hydrogens is 332 g/mol. The van der Waals surface area contributed by atoms with Gasteiger partial charge < -0.3 is 5.11 Å². The van der Waals surface area contributed by atoms with E-state index < -0.39 is 11.9 Å². The Morgan fingerprint density at radius 2 is 1.71 bits per heavy atom. The van der Waals surface area contributed by atoms with Gasteiger partial charge in [-0.05, 0) is 36.0 Å². The number of carboxylic acids is 1. The molecule has 3 nitrogen and oxygen atoms in total. The molecule has 1 aromatic rings. The van der Waals surface area contributed by atoms with Gasteiger partial charge in [0.25, 0.3) is 0 Å². The third-order valence-corrected chi connectivity index (χ3v) is 4.12. The van der Waals surface area contributed by atoms with Gasteiger partial charge in [-0.2, -0.15) is 0 Å². The average molecular weight is 355 g/mol. The van der Waals surface area contributed by atoms with Crippen molar-refractivity contribution in [1.82, 2.24) is 0 Å². The Labute approximate surface area is 134 Å². The van der Waals surface area contributed by atoms with Crippen molar-refractivity contribution in [3.8, 4) is 0 Å². The van der Waals surface area contributed by atoms with Crippen LogP contribution in [0.2, 0.25) is 0 Å². The highest BCUT2D eigenvalue weighted by molar-refractivity contribution is 9.10. The second kappa shape index (κ2) is 8.32. The maximum atomic E-state index is 12.1. The van der Waals surface area contributed by atoms with Crippen molar-refractivity contribution in [2.24, 2.45) is 17.8 Å². The van der Waals surface area contributed by atoms with E-state index >= 15 is 0 Å². The van der Waals surface area contributed by atoms with E-state index in [2.05, 4.69) is 15.9 Å². The van der Waals surface area contributed by atoms with Crippen molar-refractivity contribution in [2.75, 3.05) is 0 Å². The standard InChI is InChI=1S/C17H23BrO3/c1-11(2)8-16(17(20)21)12(3)9-15(19)10-13-4-6-14(18)7-5-13/h4-7,11-12,16H,8-10H2,1-3H3,(H,20,21)/t12-,16+/m1/s1. The number of ketones is 1. The predicted molar refractivity (Wildman–Crippen MR) is 87.2 cm³/mol. The number of hydrogen-bond donors (Lipinski definition) is 1. The van der Waals surface area contributed by atoms with E-state index in [0.29, 0.717) is 25.2 Å². The van der Waals surface area contributed by atoms with Crippen molar-refractivity contribution in [3.63, 3.8) is 0 Å². The smallest absolute Gasteiger partial charge is 0.306 e. The first-order valence-corrected chi connectivity index (χ1v) is 8.07. The Morgan fingerprint density at radius 1 is 1.14 bits per heavy atom. The highest BCUT2D eigenvalue weighted by Gasteiger charge is 2.27. The molecule has 0 heterocycles. The number of hydrogen-bond acceptors (Lipinski definition) is 2. The molecule has 0 radical (unpaired) electrons. The minimum atomic E-state index is -0.798. The van der Waals surface area contributed by atoms with E-state index in [0.717, 1.165) is 10.0 Å². The van der Waals surface area contributed by atoms with Gasteiger partial charge in [0.05, 0.1) is 5.92 Å². The van der Waals surface area contributed by atoms with Crippen LogP contribution < -0.4 is 0 Å². The van der Waals surface area contributed by atoms with Crippen LogP contribution in [0.1, 0.15) is 39.2 Å². The number of carbonyl (C=O) groups is 2. The van der Waals surface area contributed by atoms with Gasteiger partial charge in [0.2, 0.25) is 0 Å². The zero-order valence-electron chi connectivity index (χ0n) is 12.8. The van der Waals surface area contributed by atoms with Crippen molar-refractivity contribution < 1.29 is 14.7 Å². The van der Waals surface area contributed by atoms with Crippen molar-refractivity contribution in [3.05, 3.63) is 34.3 Å². The van der Waals surface area contributed by atoms with Crippen LogP contribution in [0.4, 0.5) is 0 Å². The van der Waals surface area contributed by atoms with E-state index in [4.69, 9.17) is 0 Å². The molecule has 0 unspecified atom stereocenters. The molecule has 0 amide bonds. The molecule has 1 aromatic carbocycles. The lowest BCUT2D eigenvalue weighted by Crippen LogP contribution is -2.25. The van der Waals surface area contributed by atoms with E-state index in [1.54, 1.807) is 0 Å². The summed E-state index contributed by atoms with van der Waals surface area (Å²) in [5, 5.41) is 9.31. The van der Waals surface area contributed by atoms with Crippen molar-refractivity contribution in [2.45, 2.75) is 40.0 Å². The number of rotatable bonds is 8. The van der Waals surface area contributed by atoms with Gasteiger partial charge in [-0.25, -0.2) is 0 Å². The second-order valence-electron chi connectivity index (χ2n) is 6.10. The topological polar surface area (TPSA) is 54.4 Å². The van der Waals surface area contributed by atoms with Gasteiger partial charge in [0, 0.05) is 17.3 Å². The molecule has 0 fully saturated rings. The lowest BCUT2D eigenvalue weighted by molar-refractivity contribution is -0.144. The fourth-order valence-electron chi connectivity index (χ4n) is 2.49. The van der Waals surface area contributed by atoms with Crippen LogP contribution >= 0.6 is 15.9 Å². The summed E-state index contributed by atoms with van der Waals surface area (Å²) < 4.78 is 0.981. The number of aliphatic carboxylic acids is 1. The molecule has 0 saturated heterocycles. The lowest BCUT2D eigenvalue weighted by Gasteiger charge is -2.21. The summed E-state index contributed by atoms with van der Waals surface area (Å²) >= 11 is 3.36. The van der Waals surface area contributed by atoms with E-state index in [-0.39, 0.29) is 11.7 Å². The van der Waals surface area contributed by atoms with E-state index in [1.165, 1.54) is 0 Å². The largest absolute Gasteiger partial charge is 0.481 e. The summed E-state index contributed by atoms with van der Waals surface area (Å²) in [5.41, 5.74) is 0.964. The van der Waals surface area contributed by atoms with E-state index in [9.17, 15) is 14.7 Å². The molecule has 0 spiro atoms. The van der Waals surface area contributed by atoms with Crippen LogP contribution in [-0.4, -0.2) is 16.9 Å². The average Bonchev–Trinajstić information content (AvgIpc) is 2.38. The van der Waals surface area contributed by atoms with Gasteiger partial charge in [0.15, 0.2) is 0 Å². The third kappa shape index (κ3) is 6.42. The number of benzene rings is 1. The third-order valence-electron chi connectivity index (χ3n) is 3.59. The molecule has 1 rings (SSSR count). The molecule has 4 heteroatoms. The van der Waals surface area contributed by atoms with Crippen molar-refractivity contribution >= 4 is 27.7 Å². The van der Waals surface area contributed by atoms with E-state index in [1.807, 2.05) is 45.0 Å². The molecular formula is C17H23BrO3. The summed E-state index contributed by atoms with van der Waals surface area (Å²) in [6.45, 7) is 5.87. The molecule has 0 aliphatic rings. The Kier molecular flexibility index (Phi) is 7.09. The normalized spacial score (nSPS) is 14.0. The number of Topliss-reactive ketones (excluding diaryl/α,β-unsaturated/α-hetero) is 1. The van der Waals surface area contributed by atoms with Gasteiger partial charge >= 0.3 is 5.97 Å². The molecule has 0 bridgehead atoms. The van der Waals surface area contributed by atoms with Gasteiger partial charge in [-0.1, -0.05) is 48.8 Å². The molecule has 21 heavy (non-hydrogen) atoms. The summed E-state index contributed by atoms with van der Waals surface area (Å²) in [6, 6.07) is 7.64. The van der Waals surface area contributed by atoms with Crippen LogP contribution in [0.3, 0.4) is 0 Å². The molecule has 2 atom stereocenters. The summed E-state index contributed by atoms with van der Waals surface area (Å²) in [5.74, 6) is -0.964. The zero-order chi connectivity index (χ0) is 16.0. The highest BCUT2D eigenvalue weighted by Crippen LogP contribution is 2.24. The van der Waals surface area contributed by atoms with Gasteiger partial charge in [0.1, 0.15) is 5.78 Å². The quantitative estimate of drug-likeness (QED) is 0.755. The number of carboxylic acid groups (broad SMARTS) is 1. The first-order valence-electron chi connectivity index (χ1n) is 7.28. The van der Waals surface area contributed by atoms with Crippen LogP contribution in [0.15, 0.2) is 28.7 Å². The van der Waals surface area contributed by atoms with Crippen LogP contribution in [0.25, 0.3) is 0 Å². The predicted octanol–water partition coefficient (Wildman–Crippen LogP) is 4.33. The van der Waals surface area contributed by atoms with Crippen LogP contribution in [0.5, 0.6) is 0 Å². The fourth-order valence-corrected chi connectivity index (χ4v) is 2.75. The summed E-state index contributed by atoms with van der Waals surface area (Å²) in [6.07, 6.45) is 1.30. The molecule has 0 aliphatic heterocycles. The minimum absolute atomic E-state index is 0.0971. The Hall–Kier alpha value is -1.16. The maximum Gasteiger partial charge on any atom is 0.306 e. The first-order chi connectivity index (χ1) is 9.79. The van der Waals surface area contributed by atoms with Gasteiger partial charge in [-0.15, -0.1) is 0 Å².